The number of amides is 1. The number of anilines is 4. The number of hydrogen-bond donors (Lipinski definition) is 2. The lowest BCUT2D eigenvalue weighted by Gasteiger charge is -2.31. The summed E-state index contributed by atoms with van der Waals surface area (Å²) in [7, 11) is 0. The fourth-order valence-corrected chi connectivity index (χ4v) is 2.40. The van der Waals surface area contributed by atoms with Crippen LogP contribution < -0.4 is 15.5 Å². The Morgan fingerprint density at radius 3 is 3.05 bits per heavy atom. The average Bonchev–Trinajstić information content (AvgIpc) is 2.52. The first-order chi connectivity index (χ1) is 10.3. The number of nitrogens with one attached hydrogen (secondary N) is 2. The molecule has 2 heterocycles. The average molecular weight is 282 g/mol. The third-order valence-electron chi connectivity index (χ3n) is 3.38. The number of fused-ring (bicyclic) bond motifs is 1. The van der Waals surface area contributed by atoms with Gasteiger partial charge in [0.15, 0.2) is 0 Å². The van der Waals surface area contributed by atoms with Crippen LogP contribution in [0.3, 0.4) is 0 Å². The quantitative estimate of drug-likeness (QED) is 0.905. The third kappa shape index (κ3) is 2.81. The van der Waals surface area contributed by atoms with Gasteiger partial charge in [-0.1, -0.05) is 19.1 Å². The predicted molar refractivity (Wildman–Crippen MR) is 85.1 cm³/mol. The summed E-state index contributed by atoms with van der Waals surface area (Å²) < 4.78 is 0. The van der Waals surface area contributed by atoms with Gasteiger partial charge >= 0.3 is 0 Å². The molecule has 0 spiro atoms. The molecule has 3 rings (SSSR count). The maximum atomic E-state index is 11.9. The highest BCUT2D eigenvalue weighted by Crippen LogP contribution is 2.35. The standard InChI is InChI=1S/C16H18N4O/c1-2-8-17-15-10-12(7-9-18-15)20-11-16(21)19-13-5-3-4-6-14(13)20/h3-7,9-10H,2,8,11H2,1H3,(H,17,18)(H,19,21). The van der Waals surface area contributed by atoms with Crippen LogP contribution >= 0.6 is 0 Å². The molecule has 108 valence electrons. The Morgan fingerprint density at radius 2 is 2.19 bits per heavy atom. The van der Waals surface area contributed by atoms with E-state index in [1.807, 2.05) is 41.3 Å². The number of pyridine rings is 1. The van der Waals surface area contributed by atoms with Gasteiger partial charge in [0, 0.05) is 24.5 Å². The number of carbonyl (C=O) groups is 1. The van der Waals surface area contributed by atoms with Gasteiger partial charge in [0.2, 0.25) is 5.91 Å². The molecule has 2 aromatic rings. The van der Waals surface area contributed by atoms with E-state index >= 15 is 0 Å². The van der Waals surface area contributed by atoms with Crippen LogP contribution in [-0.4, -0.2) is 24.0 Å². The molecule has 0 saturated carbocycles. The fourth-order valence-electron chi connectivity index (χ4n) is 2.40. The second-order valence-electron chi connectivity index (χ2n) is 4.98. The molecule has 2 N–H and O–H groups in total. The van der Waals surface area contributed by atoms with Crippen molar-refractivity contribution in [1.82, 2.24) is 4.98 Å². The lowest BCUT2D eigenvalue weighted by molar-refractivity contribution is -0.115. The zero-order valence-electron chi connectivity index (χ0n) is 12.0. The van der Waals surface area contributed by atoms with Crippen molar-refractivity contribution < 1.29 is 4.79 Å². The Labute approximate surface area is 124 Å². The number of rotatable bonds is 4. The molecule has 1 aliphatic rings. The molecule has 0 radical (unpaired) electrons. The third-order valence-corrected chi connectivity index (χ3v) is 3.38. The minimum atomic E-state index is -0.00594. The van der Waals surface area contributed by atoms with Crippen LogP contribution in [-0.2, 0) is 4.79 Å². The summed E-state index contributed by atoms with van der Waals surface area (Å²) in [5.74, 6) is 0.825. The van der Waals surface area contributed by atoms with Crippen molar-refractivity contribution in [3.05, 3.63) is 42.6 Å². The van der Waals surface area contributed by atoms with Gasteiger partial charge in [0.25, 0.3) is 0 Å². The Kier molecular flexibility index (Phi) is 3.73. The van der Waals surface area contributed by atoms with Gasteiger partial charge in [0.05, 0.1) is 11.4 Å². The van der Waals surface area contributed by atoms with Crippen LogP contribution in [0.1, 0.15) is 13.3 Å². The first-order valence-corrected chi connectivity index (χ1v) is 7.14. The number of aromatic nitrogens is 1. The maximum Gasteiger partial charge on any atom is 0.244 e. The molecule has 5 nitrogen and oxygen atoms in total. The minimum Gasteiger partial charge on any atom is -0.370 e. The Morgan fingerprint density at radius 1 is 1.33 bits per heavy atom. The van der Waals surface area contributed by atoms with Gasteiger partial charge in [-0.2, -0.15) is 0 Å². The highest BCUT2D eigenvalue weighted by Gasteiger charge is 2.22. The molecular formula is C16H18N4O. The van der Waals surface area contributed by atoms with Crippen LogP contribution in [0.15, 0.2) is 42.6 Å². The van der Waals surface area contributed by atoms with Crippen molar-refractivity contribution in [3.63, 3.8) is 0 Å². The second-order valence-corrected chi connectivity index (χ2v) is 4.98. The number of nitrogens with zero attached hydrogens (tertiary/aromatic N) is 2. The molecule has 1 amide bonds. The summed E-state index contributed by atoms with van der Waals surface area (Å²) in [6.07, 6.45) is 2.81. The van der Waals surface area contributed by atoms with Gasteiger partial charge in [-0.15, -0.1) is 0 Å². The van der Waals surface area contributed by atoms with Gasteiger partial charge in [-0.05, 0) is 24.6 Å². The van der Waals surface area contributed by atoms with E-state index in [0.717, 1.165) is 35.8 Å². The summed E-state index contributed by atoms with van der Waals surface area (Å²) in [5.41, 5.74) is 2.81. The molecule has 0 saturated heterocycles. The van der Waals surface area contributed by atoms with Crippen molar-refractivity contribution in [2.45, 2.75) is 13.3 Å². The number of benzene rings is 1. The normalized spacial score (nSPS) is 13.6. The molecular weight excluding hydrogens is 264 g/mol. The number of hydrogen-bond acceptors (Lipinski definition) is 4. The molecule has 0 unspecified atom stereocenters. The summed E-state index contributed by atoms with van der Waals surface area (Å²) in [5, 5.41) is 6.17. The maximum absolute atomic E-state index is 11.9. The molecule has 0 bridgehead atoms. The summed E-state index contributed by atoms with van der Waals surface area (Å²) in [6.45, 7) is 3.31. The highest BCUT2D eigenvalue weighted by atomic mass is 16.2. The van der Waals surface area contributed by atoms with E-state index in [4.69, 9.17) is 0 Å². The zero-order valence-corrected chi connectivity index (χ0v) is 12.0. The molecule has 0 fully saturated rings. The molecule has 1 aromatic carbocycles. The molecule has 0 aliphatic carbocycles. The van der Waals surface area contributed by atoms with Crippen LogP contribution in [0.2, 0.25) is 0 Å². The lowest BCUT2D eigenvalue weighted by Crippen LogP contribution is -2.35. The SMILES string of the molecule is CCCNc1cc(N2CC(=O)Nc3ccccc32)ccn1. The lowest BCUT2D eigenvalue weighted by atomic mass is 10.1. The van der Waals surface area contributed by atoms with Crippen LogP contribution in [0.5, 0.6) is 0 Å². The Balaban J connectivity index is 1.95. The van der Waals surface area contributed by atoms with Crippen LogP contribution in [0.25, 0.3) is 0 Å². The van der Waals surface area contributed by atoms with E-state index in [-0.39, 0.29) is 5.91 Å². The molecule has 1 aliphatic heterocycles. The summed E-state index contributed by atoms with van der Waals surface area (Å²) >= 11 is 0. The Bertz CT molecular complexity index is 656. The number of para-hydroxylation sites is 2. The van der Waals surface area contributed by atoms with Crippen molar-refractivity contribution in [2.75, 3.05) is 28.6 Å². The fraction of sp³-hybridized carbons (Fsp3) is 0.250. The second kappa shape index (κ2) is 5.83. The van der Waals surface area contributed by atoms with E-state index in [1.165, 1.54) is 0 Å². The molecule has 5 heteroatoms. The van der Waals surface area contributed by atoms with Crippen LogP contribution in [0.4, 0.5) is 22.9 Å². The summed E-state index contributed by atoms with van der Waals surface area (Å²) in [6, 6.07) is 11.7. The Hall–Kier alpha value is -2.56. The molecule has 21 heavy (non-hydrogen) atoms. The topological polar surface area (TPSA) is 57.3 Å². The van der Waals surface area contributed by atoms with Crippen molar-refractivity contribution in [2.24, 2.45) is 0 Å². The smallest absolute Gasteiger partial charge is 0.244 e. The van der Waals surface area contributed by atoms with Crippen LogP contribution in [0, 0.1) is 0 Å². The van der Waals surface area contributed by atoms with E-state index in [9.17, 15) is 4.79 Å². The summed E-state index contributed by atoms with van der Waals surface area (Å²) in [4.78, 5) is 18.2. The van der Waals surface area contributed by atoms with Crippen molar-refractivity contribution in [1.29, 1.82) is 0 Å². The predicted octanol–water partition coefficient (Wildman–Crippen LogP) is 2.99. The highest BCUT2D eigenvalue weighted by molar-refractivity contribution is 6.03. The molecule has 1 aromatic heterocycles. The first-order valence-electron chi connectivity index (χ1n) is 7.14. The van der Waals surface area contributed by atoms with E-state index in [1.54, 1.807) is 6.20 Å². The largest absolute Gasteiger partial charge is 0.370 e. The van der Waals surface area contributed by atoms with Gasteiger partial charge < -0.3 is 15.5 Å². The molecule has 0 atom stereocenters. The monoisotopic (exact) mass is 282 g/mol. The minimum absolute atomic E-state index is 0.00594. The van der Waals surface area contributed by atoms with Crippen molar-refractivity contribution in [3.8, 4) is 0 Å². The first kappa shape index (κ1) is 13.4. The van der Waals surface area contributed by atoms with Gasteiger partial charge in [-0.3, -0.25) is 4.79 Å². The van der Waals surface area contributed by atoms with E-state index < -0.39 is 0 Å². The van der Waals surface area contributed by atoms with E-state index in [2.05, 4.69) is 22.5 Å². The zero-order chi connectivity index (χ0) is 14.7. The van der Waals surface area contributed by atoms with E-state index in [0.29, 0.717) is 6.54 Å². The van der Waals surface area contributed by atoms with Crippen molar-refractivity contribution >= 4 is 28.8 Å². The number of carbonyl (C=O) groups excluding carboxylic acids is 1. The van der Waals surface area contributed by atoms with Gasteiger partial charge in [0.1, 0.15) is 12.4 Å². The van der Waals surface area contributed by atoms with Gasteiger partial charge in [-0.25, -0.2) is 4.98 Å².